The largest absolute Gasteiger partial charge is 0.381 e. The molecular weight excluding hydrogens is 383 g/mol. The van der Waals surface area contributed by atoms with Crippen molar-refractivity contribution in [1.82, 2.24) is 20.1 Å². The number of amides is 1. The zero-order valence-electron chi connectivity index (χ0n) is 17.4. The third-order valence-electron chi connectivity index (χ3n) is 7.05. The summed E-state index contributed by atoms with van der Waals surface area (Å²) in [6.07, 6.45) is 5.89. The predicted octanol–water partition coefficient (Wildman–Crippen LogP) is 2.69. The van der Waals surface area contributed by atoms with E-state index in [4.69, 9.17) is 10.1 Å². The van der Waals surface area contributed by atoms with Gasteiger partial charge in [-0.05, 0) is 55.4 Å². The Labute approximate surface area is 176 Å². The van der Waals surface area contributed by atoms with Crippen LogP contribution in [0.15, 0.2) is 24.4 Å². The maximum absolute atomic E-state index is 13.8. The minimum absolute atomic E-state index is 0.135. The molecule has 1 amide bonds. The molecule has 7 heteroatoms. The molecule has 0 saturated carbocycles. The number of hydrogen-bond donors (Lipinski definition) is 1. The van der Waals surface area contributed by atoms with Gasteiger partial charge in [0.05, 0.1) is 6.17 Å². The third-order valence-corrected chi connectivity index (χ3v) is 7.05. The summed E-state index contributed by atoms with van der Waals surface area (Å²) in [5.74, 6) is 0.629. The number of piperazine rings is 1. The molecule has 1 aromatic carbocycles. The van der Waals surface area contributed by atoms with Gasteiger partial charge in [0.25, 0.3) is 0 Å². The normalized spacial score (nSPS) is 26.9. The zero-order valence-corrected chi connectivity index (χ0v) is 17.4. The Hall–Kier alpha value is -1.96. The number of aromatic amines is 1. The van der Waals surface area contributed by atoms with Crippen molar-refractivity contribution in [3.63, 3.8) is 0 Å². The van der Waals surface area contributed by atoms with Crippen LogP contribution >= 0.6 is 0 Å². The van der Waals surface area contributed by atoms with Crippen LogP contribution in [0.3, 0.4) is 0 Å². The Morgan fingerprint density at radius 1 is 1.13 bits per heavy atom. The molecule has 3 saturated heterocycles. The monoisotopic (exact) mass is 413 g/mol. The molecule has 3 aliphatic rings. The average Bonchev–Trinajstić information content (AvgIpc) is 3.22. The van der Waals surface area contributed by atoms with Crippen LogP contribution < -0.4 is 5.32 Å². The Morgan fingerprint density at radius 3 is 2.73 bits per heavy atom. The van der Waals surface area contributed by atoms with E-state index in [1.54, 1.807) is 6.07 Å². The molecule has 161 valence electrons. The van der Waals surface area contributed by atoms with Crippen LogP contribution in [0.1, 0.15) is 37.2 Å². The van der Waals surface area contributed by atoms with Gasteiger partial charge in [-0.3, -0.25) is 9.69 Å². The fourth-order valence-electron chi connectivity index (χ4n) is 5.27. The molecule has 2 unspecified atom stereocenters. The van der Waals surface area contributed by atoms with Crippen molar-refractivity contribution >= 4 is 16.8 Å². The van der Waals surface area contributed by atoms with E-state index in [1.165, 1.54) is 11.6 Å². The topological polar surface area (TPSA) is 62.7 Å². The van der Waals surface area contributed by atoms with Gasteiger partial charge in [0.2, 0.25) is 5.91 Å². The highest BCUT2D eigenvalue weighted by Gasteiger charge is 2.34. The van der Waals surface area contributed by atoms with Gasteiger partial charge >= 0.3 is 0 Å². The molecule has 2 atom stereocenters. The number of carbonyl (C=O) groups is 1. The SMILES string of the molecule is O=C(C1CCOCC1)N1CCN(C2CC(c3c[nH]c4ccc(F)cc34)CC[N]2)CC1. The summed E-state index contributed by atoms with van der Waals surface area (Å²) in [6, 6.07) is 4.96. The molecule has 6 nitrogen and oxygen atoms in total. The first-order valence-electron chi connectivity index (χ1n) is 11.2. The van der Waals surface area contributed by atoms with Gasteiger partial charge in [-0.1, -0.05) is 0 Å². The summed E-state index contributed by atoms with van der Waals surface area (Å²) in [7, 11) is 0. The number of H-pyrrole nitrogens is 1. The summed E-state index contributed by atoms with van der Waals surface area (Å²) in [6.45, 7) is 5.55. The lowest BCUT2D eigenvalue weighted by molar-refractivity contribution is -0.140. The van der Waals surface area contributed by atoms with Crippen LogP contribution in [0.5, 0.6) is 0 Å². The summed E-state index contributed by atoms with van der Waals surface area (Å²) < 4.78 is 19.2. The average molecular weight is 414 g/mol. The van der Waals surface area contributed by atoms with Gasteiger partial charge < -0.3 is 14.6 Å². The van der Waals surface area contributed by atoms with E-state index in [9.17, 15) is 9.18 Å². The summed E-state index contributed by atoms with van der Waals surface area (Å²) in [5, 5.41) is 5.89. The van der Waals surface area contributed by atoms with Gasteiger partial charge in [0, 0.05) is 69.0 Å². The first-order valence-corrected chi connectivity index (χ1v) is 11.2. The number of piperidine rings is 1. The maximum atomic E-state index is 13.8. The Morgan fingerprint density at radius 2 is 1.93 bits per heavy atom. The van der Waals surface area contributed by atoms with Crippen LogP contribution in [-0.2, 0) is 9.53 Å². The van der Waals surface area contributed by atoms with E-state index in [0.29, 0.717) is 25.0 Å². The molecule has 30 heavy (non-hydrogen) atoms. The fraction of sp³-hybridized carbons (Fsp3) is 0.609. The van der Waals surface area contributed by atoms with E-state index in [1.807, 2.05) is 17.2 Å². The van der Waals surface area contributed by atoms with E-state index >= 15 is 0 Å². The molecule has 3 fully saturated rings. The lowest BCUT2D eigenvalue weighted by atomic mass is 9.88. The Bertz CT molecular complexity index is 886. The minimum Gasteiger partial charge on any atom is -0.381 e. The van der Waals surface area contributed by atoms with Crippen molar-refractivity contribution in [2.75, 3.05) is 45.9 Å². The number of nitrogens with one attached hydrogen (secondary N) is 1. The van der Waals surface area contributed by atoms with Gasteiger partial charge in [0.15, 0.2) is 0 Å². The van der Waals surface area contributed by atoms with Crippen molar-refractivity contribution in [2.24, 2.45) is 5.92 Å². The van der Waals surface area contributed by atoms with Gasteiger partial charge in [0.1, 0.15) is 5.82 Å². The van der Waals surface area contributed by atoms with Gasteiger partial charge in [-0.25, -0.2) is 9.71 Å². The van der Waals surface area contributed by atoms with Crippen LogP contribution in [0.2, 0.25) is 0 Å². The minimum atomic E-state index is -0.189. The lowest BCUT2D eigenvalue weighted by Crippen LogP contribution is -2.56. The second kappa shape index (κ2) is 8.65. The van der Waals surface area contributed by atoms with Crippen molar-refractivity contribution in [2.45, 2.75) is 37.8 Å². The predicted molar refractivity (Wildman–Crippen MR) is 113 cm³/mol. The fourth-order valence-corrected chi connectivity index (χ4v) is 5.27. The van der Waals surface area contributed by atoms with Crippen LogP contribution in [0, 0.1) is 11.7 Å². The highest BCUT2D eigenvalue weighted by Crippen LogP contribution is 2.34. The van der Waals surface area contributed by atoms with Crippen molar-refractivity contribution < 1.29 is 13.9 Å². The maximum Gasteiger partial charge on any atom is 0.225 e. The molecule has 3 aliphatic heterocycles. The number of nitrogens with zero attached hydrogens (tertiary/aromatic N) is 3. The molecular formula is C23H30FN4O2. The van der Waals surface area contributed by atoms with Crippen LogP contribution in [0.25, 0.3) is 10.9 Å². The molecule has 1 aromatic heterocycles. The Kier molecular flexibility index (Phi) is 5.76. The number of benzene rings is 1. The first-order chi connectivity index (χ1) is 14.7. The molecule has 4 heterocycles. The smallest absolute Gasteiger partial charge is 0.225 e. The summed E-state index contributed by atoms with van der Waals surface area (Å²) in [5.41, 5.74) is 2.20. The molecule has 2 aromatic rings. The molecule has 0 bridgehead atoms. The van der Waals surface area contributed by atoms with Gasteiger partial charge in [-0.15, -0.1) is 0 Å². The second-order valence-corrected chi connectivity index (χ2v) is 8.79. The van der Waals surface area contributed by atoms with Crippen molar-refractivity contribution in [3.8, 4) is 0 Å². The van der Waals surface area contributed by atoms with Crippen molar-refractivity contribution in [1.29, 1.82) is 0 Å². The third kappa shape index (κ3) is 3.98. The highest BCUT2D eigenvalue weighted by molar-refractivity contribution is 5.83. The molecule has 0 spiro atoms. The number of fused-ring (bicyclic) bond motifs is 1. The highest BCUT2D eigenvalue weighted by atomic mass is 19.1. The standard InChI is InChI=1S/C23H30FN4O2/c24-18-1-2-21-19(14-18)20(15-26-21)17-3-6-25-22(13-17)27-7-9-28(10-8-27)23(29)16-4-11-30-12-5-16/h1-2,14-17,22,26H,3-13H2. The molecule has 0 aliphatic carbocycles. The van der Waals surface area contributed by atoms with Crippen molar-refractivity contribution in [3.05, 3.63) is 35.8 Å². The molecule has 1 radical (unpaired) electrons. The van der Waals surface area contributed by atoms with E-state index in [2.05, 4.69) is 9.88 Å². The van der Waals surface area contributed by atoms with E-state index in [0.717, 1.165) is 69.3 Å². The number of rotatable bonds is 3. The summed E-state index contributed by atoms with van der Waals surface area (Å²) in [4.78, 5) is 20.5. The molecule has 5 rings (SSSR count). The lowest BCUT2D eigenvalue weighted by Gasteiger charge is -2.42. The summed E-state index contributed by atoms with van der Waals surface area (Å²) >= 11 is 0. The van der Waals surface area contributed by atoms with Crippen LogP contribution in [-0.4, -0.2) is 72.8 Å². The number of aromatic nitrogens is 1. The van der Waals surface area contributed by atoms with Crippen LogP contribution in [0.4, 0.5) is 4.39 Å². The quantitative estimate of drug-likeness (QED) is 0.842. The van der Waals surface area contributed by atoms with E-state index in [-0.39, 0.29) is 17.9 Å². The number of ether oxygens (including phenoxy) is 1. The molecule has 1 N–H and O–H groups in total. The van der Waals surface area contributed by atoms with E-state index < -0.39 is 0 Å². The number of halogens is 1. The zero-order chi connectivity index (χ0) is 20.5. The second-order valence-electron chi connectivity index (χ2n) is 8.79. The Balaban J connectivity index is 1.20. The number of carbonyl (C=O) groups excluding carboxylic acids is 1. The first kappa shape index (κ1) is 20.0. The number of hydrogen-bond acceptors (Lipinski definition) is 3. The van der Waals surface area contributed by atoms with Gasteiger partial charge in [-0.2, -0.15) is 0 Å².